The number of hydrogen-bond acceptors (Lipinski definition) is 7. The molecule has 0 aliphatic heterocycles. The topological polar surface area (TPSA) is 108 Å². The fourth-order valence-electron chi connectivity index (χ4n) is 4.58. The SMILES string of the molecule is Cc1cc(Nc2cc(C)c(F)cn2)nc(-c2cnc([C@@]3(O)CC[C@@H](C(=O)O)C(C)(C)C3)s2)c1. The Labute approximate surface area is 195 Å². The van der Waals surface area contributed by atoms with Gasteiger partial charge in [-0.3, -0.25) is 4.79 Å². The van der Waals surface area contributed by atoms with Crippen LogP contribution < -0.4 is 5.32 Å². The first-order valence-corrected chi connectivity index (χ1v) is 11.6. The van der Waals surface area contributed by atoms with Crippen LogP contribution in [-0.2, 0) is 10.4 Å². The molecule has 174 valence electrons. The summed E-state index contributed by atoms with van der Waals surface area (Å²) in [6.07, 6.45) is 3.94. The van der Waals surface area contributed by atoms with Crippen molar-refractivity contribution in [2.45, 2.75) is 52.6 Å². The number of nitrogens with zero attached hydrogens (tertiary/aromatic N) is 3. The second-order valence-electron chi connectivity index (χ2n) is 9.51. The van der Waals surface area contributed by atoms with Gasteiger partial charge in [0.1, 0.15) is 28.1 Å². The molecule has 9 heteroatoms. The van der Waals surface area contributed by atoms with Gasteiger partial charge in [-0.2, -0.15) is 0 Å². The zero-order valence-electron chi connectivity index (χ0n) is 19.0. The summed E-state index contributed by atoms with van der Waals surface area (Å²) in [7, 11) is 0. The molecule has 1 fully saturated rings. The van der Waals surface area contributed by atoms with Crippen LogP contribution in [0.4, 0.5) is 16.0 Å². The van der Waals surface area contributed by atoms with Gasteiger partial charge in [0.25, 0.3) is 0 Å². The van der Waals surface area contributed by atoms with Crippen LogP contribution in [0, 0.1) is 31.0 Å². The predicted octanol–water partition coefficient (Wildman–Crippen LogP) is 5.20. The van der Waals surface area contributed by atoms with Crippen LogP contribution in [0.2, 0.25) is 0 Å². The van der Waals surface area contributed by atoms with Crippen molar-refractivity contribution in [1.82, 2.24) is 15.0 Å². The maximum Gasteiger partial charge on any atom is 0.307 e. The van der Waals surface area contributed by atoms with Crippen LogP contribution in [0.5, 0.6) is 0 Å². The molecule has 0 bridgehead atoms. The van der Waals surface area contributed by atoms with Gasteiger partial charge in [-0.15, -0.1) is 11.3 Å². The number of aliphatic carboxylic acids is 1. The van der Waals surface area contributed by atoms with E-state index in [1.807, 2.05) is 32.9 Å². The summed E-state index contributed by atoms with van der Waals surface area (Å²) in [5.41, 5.74) is 0.434. The Morgan fingerprint density at radius 1 is 1.18 bits per heavy atom. The molecule has 3 aromatic rings. The van der Waals surface area contributed by atoms with Gasteiger partial charge in [-0.1, -0.05) is 13.8 Å². The average Bonchev–Trinajstić information content (AvgIpc) is 3.20. The predicted molar refractivity (Wildman–Crippen MR) is 125 cm³/mol. The second kappa shape index (κ2) is 8.46. The molecule has 0 unspecified atom stereocenters. The molecule has 33 heavy (non-hydrogen) atoms. The fourth-order valence-corrected chi connectivity index (χ4v) is 5.58. The Balaban J connectivity index is 1.59. The summed E-state index contributed by atoms with van der Waals surface area (Å²) in [6, 6.07) is 5.42. The first-order chi connectivity index (χ1) is 15.5. The van der Waals surface area contributed by atoms with E-state index in [9.17, 15) is 19.4 Å². The van der Waals surface area contributed by atoms with Crippen LogP contribution in [0.15, 0.2) is 30.6 Å². The third-order valence-corrected chi connectivity index (χ3v) is 7.48. The van der Waals surface area contributed by atoms with Gasteiger partial charge in [-0.25, -0.2) is 19.3 Å². The Hall–Kier alpha value is -2.91. The van der Waals surface area contributed by atoms with E-state index in [1.165, 1.54) is 17.5 Å². The number of halogens is 1. The number of carbonyl (C=O) groups is 1. The molecule has 4 rings (SSSR count). The number of carboxylic acid groups (broad SMARTS) is 1. The lowest BCUT2D eigenvalue weighted by Gasteiger charge is -2.44. The number of anilines is 2. The smallest absolute Gasteiger partial charge is 0.307 e. The van der Waals surface area contributed by atoms with Crippen LogP contribution in [0.1, 0.15) is 49.2 Å². The zero-order chi connectivity index (χ0) is 24.0. The molecule has 7 nitrogen and oxygen atoms in total. The van der Waals surface area contributed by atoms with Gasteiger partial charge < -0.3 is 15.5 Å². The van der Waals surface area contributed by atoms with Crippen molar-refractivity contribution < 1.29 is 19.4 Å². The van der Waals surface area contributed by atoms with Crippen molar-refractivity contribution in [3.8, 4) is 10.6 Å². The Morgan fingerprint density at radius 2 is 1.94 bits per heavy atom. The molecule has 0 radical (unpaired) electrons. The van der Waals surface area contributed by atoms with E-state index in [-0.39, 0.29) is 5.82 Å². The highest BCUT2D eigenvalue weighted by molar-refractivity contribution is 7.15. The van der Waals surface area contributed by atoms with Crippen molar-refractivity contribution in [1.29, 1.82) is 0 Å². The van der Waals surface area contributed by atoms with Gasteiger partial charge >= 0.3 is 5.97 Å². The molecule has 1 aliphatic rings. The van der Waals surface area contributed by atoms with Crippen molar-refractivity contribution in [2.75, 3.05) is 5.32 Å². The van der Waals surface area contributed by atoms with Crippen LogP contribution >= 0.6 is 11.3 Å². The first kappa shape index (κ1) is 23.3. The number of nitrogens with one attached hydrogen (secondary N) is 1. The van der Waals surface area contributed by atoms with Crippen molar-refractivity contribution in [3.05, 3.63) is 52.5 Å². The van der Waals surface area contributed by atoms with E-state index in [2.05, 4.69) is 20.3 Å². The number of thiazole rings is 1. The largest absolute Gasteiger partial charge is 0.481 e. The van der Waals surface area contributed by atoms with E-state index in [4.69, 9.17) is 0 Å². The van der Waals surface area contributed by atoms with Gasteiger partial charge in [0.2, 0.25) is 0 Å². The summed E-state index contributed by atoms with van der Waals surface area (Å²) in [5.74, 6) is -0.617. The number of rotatable bonds is 5. The molecule has 0 saturated heterocycles. The third-order valence-electron chi connectivity index (χ3n) is 6.27. The van der Waals surface area contributed by atoms with Crippen molar-refractivity contribution in [3.63, 3.8) is 0 Å². The van der Waals surface area contributed by atoms with E-state index >= 15 is 0 Å². The van der Waals surface area contributed by atoms with Crippen molar-refractivity contribution >= 4 is 28.9 Å². The number of aliphatic hydroxyl groups is 1. The lowest BCUT2D eigenvalue weighted by atomic mass is 9.63. The zero-order valence-corrected chi connectivity index (χ0v) is 19.8. The van der Waals surface area contributed by atoms with Gasteiger partial charge in [0, 0.05) is 6.20 Å². The molecule has 0 aromatic carbocycles. The van der Waals surface area contributed by atoms with E-state index in [0.29, 0.717) is 47.2 Å². The maximum absolute atomic E-state index is 13.5. The molecular formula is C24H27FN4O3S. The average molecular weight is 471 g/mol. The molecule has 0 amide bonds. The summed E-state index contributed by atoms with van der Waals surface area (Å²) in [6.45, 7) is 7.39. The third kappa shape index (κ3) is 4.74. The van der Waals surface area contributed by atoms with E-state index in [1.54, 1.807) is 19.2 Å². The minimum atomic E-state index is -1.17. The summed E-state index contributed by atoms with van der Waals surface area (Å²) in [5, 5.41) is 24.6. The van der Waals surface area contributed by atoms with Crippen LogP contribution in [0.3, 0.4) is 0 Å². The molecule has 0 spiro atoms. The standard InChI is InChI=1S/C24H27FN4O3S/c1-13-7-17(28-20(8-13)29-19-9-14(2)16(25)10-26-19)18-11-27-22(33-18)24(32)6-5-15(21(30)31)23(3,4)12-24/h7-11,15,32H,5-6,12H2,1-4H3,(H,30,31)(H,26,28,29)/t15-,24+/m0/s1. The number of pyridine rings is 2. The highest BCUT2D eigenvalue weighted by atomic mass is 32.1. The lowest BCUT2D eigenvalue weighted by Crippen LogP contribution is -2.44. The second-order valence-corrected chi connectivity index (χ2v) is 10.5. The summed E-state index contributed by atoms with van der Waals surface area (Å²) >= 11 is 1.37. The highest BCUT2D eigenvalue weighted by Gasteiger charge is 2.49. The normalized spacial score (nSPS) is 22.2. The van der Waals surface area contributed by atoms with Gasteiger partial charge in [0.15, 0.2) is 0 Å². The summed E-state index contributed by atoms with van der Waals surface area (Å²) < 4.78 is 13.5. The quantitative estimate of drug-likeness (QED) is 0.470. The van der Waals surface area contributed by atoms with Crippen LogP contribution in [0.25, 0.3) is 10.6 Å². The molecule has 1 saturated carbocycles. The Bertz CT molecular complexity index is 1210. The minimum Gasteiger partial charge on any atom is -0.481 e. The number of hydrogen-bond donors (Lipinski definition) is 3. The molecular weight excluding hydrogens is 443 g/mol. The molecule has 2 atom stereocenters. The molecule has 3 aromatic heterocycles. The molecule has 1 aliphatic carbocycles. The van der Waals surface area contributed by atoms with E-state index in [0.717, 1.165) is 10.4 Å². The van der Waals surface area contributed by atoms with Gasteiger partial charge in [0.05, 0.1) is 22.7 Å². The van der Waals surface area contributed by atoms with E-state index < -0.39 is 22.9 Å². The number of aryl methyl sites for hydroxylation is 2. The Kier molecular flexibility index (Phi) is 5.96. The minimum absolute atomic E-state index is 0.327. The first-order valence-electron chi connectivity index (χ1n) is 10.8. The highest BCUT2D eigenvalue weighted by Crippen LogP contribution is 2.50. The molecule has 3 N–H and O–H groups in total. The maximum atomic E-state index is 13.5. The lowest BCUT2D eigenvalue weighted by molar-refractivity contribution is -0.154. The van der Waals surface area contributed by atoms with Gasteiger partial charge in [-0.05, 0) is 67.9 Å². The number of aromatic nitrogens is 3. The van der Waals surface area contributed by atoms with Crippen molar-refractivity contribution in [2.24, 2.45) is 11.3 Å². The van der Waals surface area contributed by atoms with Crippen LogP contribution in [-0.4, -0.2) is 31.1 Å². The Morgan fingerprint density at radius 3 is 2.61 bits per heavy atom. The summed E-state index contributed by atoms with van der Waals surface area (Å²) in [4.78, 5) is 25.6. The number of carboxylic acids is 1. The fraction of sp³-hybridized carbons (Fsp3) is 0.417. The molecule has 3 heterocycles. The monoisotopic (exact) mass is 470 g/mol.